The van der Waals surface area contributed by atoms with Crippen LogP contribution in [0, 0.1) is 0 Å². The van der Waals surface area contributed by atoms with Gasteiger partial charge in [-0.25, -0.2) is 17.9 Å². The fraction of sp³-hybridized carbons (Fsp3) is 0.200. The molecule has 0 radical (unpaired) electrons. The summed E-state index contributed by atoms with van der Waals surface area (Å²) in [5.41, 5.74) is 0.458. The highest BCUT2D eigenvalue weighted by atomic mass is 32.2. The van der Waals surface area contributed by atoms with Gasteiger partial charge < -0.3 is 10.1 Å². The predicted octanol–water partition coefficient (Wildman–Crippen LogP) is 0.690. The predicted molar refractivity (Wildman–Crippen MR) is 63.5 cm³/mol. The first kappa shape index (κ1) is 14.0. The largest absolute Gasteiger partial charge is 0.452 e. The van der Waals surface area contributed by atoms with Gasteiger partial charge in [-0.1, -0.05) is 0 Å². The Kier molecular flexibility index (Phi) is 4.27. The van der Waals surface area contributed by atoms with Gasteiger partial charge in [0.25, 0.3) is 10.0 Å². The lowest BCUT2D eigenvalue weighted by Crippen LogP contribution is -2.30. The van der Waals surface area contributed by atoms with Crippen LogP contribution in [-0.2, 0) is 19.6 Å². The average molecular weight is 272 g/mol. The van der Waals surface area contributed by atoms with E-state index in [1.165, 1.54) is 31.2 Å². The highest BCUT2D eigenvalue weighted by molar-refractivity contribution is 7.90. The summed E-state index contributed by atoms with van der Waals surface area (Å²) in [6, 6.07) is 5.34. The number of benzene rings is 1. The molecule has 7 nitrogen and oxygen atoms in total. The number of amides is 2. The number of anilines is 1. The number of ether oxygens (including phenoxy) is 1. The molecule has 0 bridgehead atoms. The molecule has 0 spiro atoms. The van der Waals surface area contributed by atoms with Crippen molar-refractivity contribution in [1.82, 2.24) is 4.72 Å². The molecule has 1 aromatic carbocycles. The first-order valence-corrected chi connectivity index (χ1v) is 6.32. The van der Waals surface area contributed by atoms with Crippen LogP contribution in [0.4, 0.5) is 10.5 Å². The van der Waals surface area contributed by atoms with Gasteiger partial charge in [0.1, 0.15) is 0 Å². The lowest BCUT2D eigenvalue weighted by Gasteiger charge is -2.06. The van der Waals surface area contributed by atoms with Crippen molar-refractivity contribution in [1.29, 1.82) is 0 Å². The van der Waals surface area contributed by atoms with Crippen LogP contribution in [0.15, 0.2) is 29.2 Å². The Morgan fingerprint density at radius 1 is 1.17 bits per heavy atom. The summed E-state index contributed by atoms with van der Waals surface area (Å²) in [4.78, 5) is 21.5. The minimum Gasteiger partial charge on any atom is -0.452 e. The Hall–Kier alpha value is -2.09. The second-order valence-electron chi connectivity index (χ2n) is 3.30. The van der Waals surface area contributed by atoms with E-state index in [4.69, 9.17) is 0 Å². The van der Waals surface area contributed by atoms with Crippen LogP contribution in [-0.4, -0.2) is 27.5 Å². The Bertz CT molecular complexity index is 550. The molecule has 0 saturated carbocycles. The maximum absolute atomic E-state index is 11.6. The van der Waals surface area contributed by atoms with Crippen LogP contribution in [0.25, 0.3) is 0 Å². The quantitative estimate of drug-likeness (QED) is 0.843. The van der Waals surface area contributed by atoms with Gasteiger partial charge in [-0.2, -0.15) is 0 Å². The molecule has 2 N–H and O–H groups in total. The van der Waals surface area contributed by atoms with Crippen molar-refractivity contribution < 1.29 is 22.7 Å². The standard InChI is InChI=1S/C10H12N2O5S/c1-7(13)11-8-3-5-9(6-4-8)18(15,16)12-10(14)17-2/h3-6H,1-2H3,(H,11,13)(H,12,14). The van der Waals surface area contributed by atoms with Crippen LogP contribution in [0.3, 0.4) is 0 Å². The molecular weight excluding hydrogens is 260 g/mol. The number of nitrogens with one attached hydrogen (secondary N) is 2. The lowest BCUT2D eigenvalue weighted by molar-refractivity contribution is -0.114. The molecule has 0 fully saturated rings. The lowest BCUT2D eigenvalue weighted by atomic mass is 10.3. The van der Waals surface area contributed by atoms with E-state index in [1.54, 1.807) is 4.72 Å². The van der Waals surface area contributed by atoms with Crippen molar-refractivity contribution in [3.63, 3.8) is 0 Å². The van der Waals surface area contributed by atoms with E-state index >= 15 is 0 Å². The van der Waals surface area contributed by atoms with Crippen molar-refractivity contribution in [2.24, 2.45) is 0 Å². The molecule has 1 aromatic rings. The maximum Gasteiger partial charge on any atom is 0.420 e. The SMILES string of the molecule is COC(=O)NS(=O)(=O)c1ccc(NC(C)=O)cc1. The first-order valence-electron chi connectivity index (χ1n) is 4.83. The smallest absolute Gasteiger partial charge is 0.420 e. The van der Waals surface area contributed by atoms with Crippen LogP contribution < -0.4 is 10.0 Å². The number of rotatable bonds is 3. The topological polar surface area (TPSA) is 102 Å². The number of hydrogen-bond acceptors (Lipinski definition) is 5. The highest BCUT2D eigenvalue weighted by Crippen LogP contribution is 2.13. The van der Waals surface area contributed by atoms with Crippen molar-refractivity contribution in [3.05, 3.63) is 24.3 Å². The fourth-order valence-electron chi connectivity index (χ4n) is 1.13. The minimum absolute atomic E-state index is 0.109. The van der Waals surface area contributed by atoms with Gasteiger partial charge in [-0.15, -0.1) is 0 Å². The van der Waals surface area contributed by atoms with Gasteiger partial charge in [0.2, 0.25) is 5.91 Å². The molecule has 2 amide bonds. The second-order valence-corrected chi connectivity index (χ2v) is 4.99. The van der Waals surface area contributed by atoms with Gasteiger partial charge in [0.15, 0.2) is 0 Å². The fourth-order valence-corrected chi connectivity index (χ4v) is 2.05. The monoisotopic (exact) mass is 272 g/mol. The molecule has 18 heavy (non-hydrogen) atoms. The molecule has 0 aliphatic carbocycles. The summed E-state index contributed by atoms with van der Waals surface area (Å²) in [6.07, 6.45) is -1.07. The van der Waals surface area contributed by atoms with E-state index in [2.05, 4.69) is 10.1 Å². The van der Waals surface area contributed by atoms with E-state index in [-0.39, 0.29) is 10.8 Å². The Balaban J connectivity index is 2.90. The van der Waals surface area contributed by atoms with E-state index < -0.39 is 16.1 Å². The molecule has 0 aliphatic heterocycles. The summed E-state index contributed by atoms with van der Waals surface area (Å²) in [6.45, 7) is 1.34. The van der Waals surface area contributed by atoms with Crippen LogP contribution in [0.5, 0.6) is 0 Å². The van der Waals surface area contributed by atoms with Gasteiger partial charge in [-0.3, -0.25) is 4.79 Å². The second kappa shape index (κ2) is 5.50. The van der Waals surface area contributed by atoms with Gasteiger partial charge in [0, 0.05) is 12.6 Å². The molecule has 0 aromatic heterocycles. The van der Waals surface area contributed by atoms with Gasteiger partial charge >= 0.3 is 6.09 Å². The third-order valence-corrected chi connectivity index (χ3v) is 3.22. The Labute approximate surface area is 104 Å². The van der Waals surface area contributed by atoms with Crippen LogP contribution in [0.2, 0.25) is 0 Å². The normalized spacial score (nSPS) is 10.6. The highest BCUT2D eigenvalue weighted by Gasteiger charge is 2.17. The number of carbonyl (C=O) groups is 2. The van der Waals surface area contributed by atoms with Crippen LogP contribution >= 0.6 is 0 Å². The van der Waals surface area contributed by atoms with Gasteiger partial charge in [-0.05, 0) is 24.3 Å². The van der Waals surface area contributed by atoms with Gasteiger partial charge in [0.05, 0.1) is 12.0 Å². The molecule has 98 valence electrons. The molecule has 8 heteroatoms. The van der Waals surface area contributed by atoms with E-state index in [0.29, 0.717) is 5.69 Å². The summed E-state index contributed by atoms with van der Waals surface area (Å²) in [5, 5.41) is 2.49. The number of hydrogen-bond donors (Lipinski definition) is 2. The molecule has 0 aliphatic rings. The van der Waals surface area contributed by atoms with Crippen molar-refractivity contribution in [2.45, 2.75) is 11.8 Å². The Morgan fingerprint density at radius 3 is 2.17 bits per heavy atom. The van der Waals surface area contributed by atoms with Crippen molar-refractivity contribution >= 4 is 27.7 Å². The van der Waals surface area contributed by atoms with Crippen molar-refractivity contribution in [3.8, 4) is 0 Å². The summed E-state index contributed by atoms with van der Waals surface area (Å²) in [5.74, 6) is -0.265. The Morgan fingerprint density at radius 2 is 1.72 bits per heavy atom. The molecular formula is C10H12N2O5S. The molecule has 0 atom stereocenters. The molecule has 0 heterocycles. The zero-order valence-electron chi connectivity index (χ0n) is 9.76. The third kappa shape index (κ3) is 3.74. The van der Waals surface area contributed by atoms with E-state index in [9.17, 15) is 18.0 Å². The zero-order chi connectivity index (χ0) is 13.8. The summed E-state index contributed by atoms with van der Waals surface area (Å²) in [7, 11) is -2.89. The zero-order valence-corrected chi connectivity index (χ0v) is 10.6. The van der Waals surface area contributed by atoms with E-state index in [0.717, 1.165) is 7.11 Å². The average Bonchev–Trinajstić information content (AvgIpc) is 2.28. The molecule has 0 unspecified atom stereocenters. The summed E-state index contributed by atoms with van der Waals surface area (Å²) < 4.78 is 29.2. The molecule has 1 rings (SSSR count). The third-order valence-electron chi connectivity index (χ3n) is 1.89. The number of sulfonamides is 1. The number of carbonyl (C=O) groups excluding carboxylic acids is 2. The number of methoxy groups -OCH3 is 1. The van der Waals surface area contributed by atoms with Crippen molar-refractivity contribution in [2.75, 3.05) is 12.4 Å². The van der Waals surface area contributed by atoms with Crippen LogP contribution in [0.1, 0.15) is 6.92 Å². The van der Waals surface area contributed by atoms with E-state index in [1.807, 2.05) is 0 Å². The maximum atomic E-state index is 11.6. The first-order chi connectivity index (χ1) is 8.35. The molecule has 0 saturated heterocycles. The minimum atomic E-state index is -3.95. The summed E-state index contributed by atoms with van der Waals surface area (Å²) >= 11 is 0.